The molecule has 2 aromatic carbocycles. The second-order valence-electron chi connectivity index (χ2n) is 7.20. The minimum Gasteiger partial charge on any atom is -0.450 e. The van der Waals surface area contributed by atoms with E-state index in [0.29, 0.717) is 53.0 Å². The van der Waals surface area contributed by atoms with Gasteiger partial charge in [-0.05, 0) is 37.3 Å². The van der Waals surface area contributed by atoms with E-state index in [9.17, 15) is 13.8 Å². The quantitative estimate of drug-likeness (QED) is 0.764. The van der Waals surface area contributed by atoms with E-state index in [1.807, 2.05) is 12.1 Å². The molecule has 0 aromatic heterocycles. The van der Waals surface area contributed by atoms with Crippen LogP contribution in [0.15, 0.2) is 52.3 Å². The van der Waals surface area contributed by atoms with Gasteiger partial charge in [0.2, 0.25) is 5.91 Å². The number of carbonyl (C=O) groups excluding carboxylic acids is 2. The molecule has 0 aliphatic carbocycles. The summed E-state index contributed by atoms with van der Waals surface area (Å²) >= 11 is 0. The van der Waals surface area contributed by atoms with Crippen LogP contribution in [-0.4, -0.2) is 60.6 Å². The summed E-state index contributed by atoms with van der Waals surface area (Å²) in [5.74, 6) is -0.0924. The molecule has 2 aliphatic rings. The lowest BCUT2D eigenvalue weighted by atomic mass is 10.2. The number of benzene rings is 2. The summed E-state index contributed by atoms with van der Waals surface area (Å²) in [6, 6.07) is 12.2. The molecule has 0 spiro atoms. The lowest BCUT2D eigenvalue weighted by Crippen LogP contribution is -2.39. The van der Waals surface area contributed by atoms with Crippen molar-refractivity contribution < 1.29 is 23.3 Å². The Morgan fingerprint density at radius 3 is 2.61 bits per heavy atom. The molecule has 2 aliphatic heterocycles. The number of ether oxygens (including phenoxy) is 2. The SMILES string of the molecule is CCOC(=O)Nc1ccc2c(c1)N(C(=O)CCN1CCOCC1)c1ccccc1[S@]2=O. The van der Waals surface area contributed by atoms with Gasteiger partial charge in [-0.15, -0.1) is 0 Å². The third-order valence-electron chi connectivity index (χ3n) is 5.22. The van der Waals surface area contributed by atoms with Crippen molar-refractivity contribution in [1.82, 2.24) is 4.90 Å². The van der Waals surface area contributed by atoms with Gasteiger partial charge in [0.05, 0.1) is 51.8 Å². The highest BCUT2D eigenvalue weighted by molar-refractivity contribution is 7.85. The Hall–Kier alpha value is -2.75. The van der Waals surface area contributed by atoms with Crippen molar-refractivity contribution in [3.05, 3.63) is 42.5 Å². The maximum atomic E-state index is 13.4. The van der Waals surface area contributed by atoms with Crippen molar-refractivity contribution in [2.24, 2.45) is 0 Å². The summed E-state index contributed by atoms with van der Waals surface area (Å²) in [6.45, 7) is 5.55. The number of carbonyl (C=O) groups is 2. The van der Waals surface area contributed by atoms with Crippen LogP contribution in [0.5, 0.6) is 0 Å². The zero-order chi connectivity index (χ0) is 21.8. The van der Waals surface area contributed by atoms with Gasteiger partial charge in [0.15, 0.2) is 0 Å². The van der Waals surface area contributed by atoms with E-state index in [1.165, 1.54) is 0 Å². The minimum atomic E-state index is -1.42. The molecule has 0 unspecified atom stereocenters. The van der Waals surface area contributed by atoms with E-state index in [2.05, 4.69) is 10.2 Å². The first-order valence-corrected chi connectivity index (χ1v) is 11.4. The molecule has 2 aromatic rings. The van der Waals surface area contributed by atoms with Crippen LogP contribution >= 0.6 is 0 Å². The normalized spacial score (nSPS) is 18.1. The summed E-state index contributed by atoms with van der Waals surface area (Å²) in [5, 5.41) is 2.65. The van der Waals surface area contributed by atoms with Crippen LogP contribution < -0.4 is 10.2 Å². The predicted molar refractivity (Wildman–Crippen MR) is 117 cm³/mol. The number of nitrogens with one attached hydrogen (secondary N) is 1. The summed E-state index contributed by atoms with van der Waals surface area (Å²) in [7, 11) is -1.42. The van der Waals surface area contributed by atoms with Gasteiger partial charge in [0, 0.05) is 31.7 Å². The zero-order valence-electron chi connectivity index (χ0n) is 17.3. The first-order valence-electron chi connectivity index (χ1n) is 10.3. The number of amides is 2. The van der Waals surface area contributed by atoms with Gasteiger partial charge in [-0.2, -0.15) is 0 Å². The summed E-state index contributed by atoms with van der Waals surface area (Å²) in [4.78, 5) is 30.2. The molecule has 4 rings (SSSR count). The molecule has 164 valence electrons. The fourth-order valence-corrected chi connectivity index (χ4v) is 5.04. The Balaban J connectivity index is 1.65. The van der Waals surface area contributed by atoms with Gasteiger partial charge in [-0.3, -0.25) is 19.9 Å². The monoisotopic (exact) mass is 443 g/mol. The Kier molecular flexibility index (Phi) is 6.64. The lowest BCUT2D eigenvalue weighted by molar-refractivity contribution is -0.118. The fraction of sp³-hybridized carbons (Fsp3) is 0.364. The van der Waals surface area contributed by atoms with Crippen LogP contribution in [0.4, 0.5) is 21.9 Å². The second kappa shape index (κ2) is 9.59. The number of rotatable bonds is 5. The molecule has 8 nitrogen and oxygen atoms in total. The lowest BCUT2D eigenvalue weighted by Gasteiger charge is -2.32. The minimum absolute atomic E-state index is 0.0924. The van der Waals surface area contributed by atoms with E-state index in [4.69, 9.17) is 9.47 Å². The predicted octanol–water partition coefficient (Wildman–Crippen LogP) is 3.12. The molecule has 1 saturated heterocycles. The third-order valence-corrected chi connectivity index (χ3v) is 6.71. The average molecular weight is 444 g/mol. The van der Waals surface area contributed by atoms with E-state index in [1.54, 1.807) is 42.2 Å². The topological polar surface area (TPSA) is 88.2 Å². The number of nitrogens with zero attached hydrogens (tertiary/aromatic N) is 2. The van der Waals surface area contributed by atoms with Gasteiger partial charge in [0.1, 0.15) is 0 Å². The Morgan fingerprint density at radius 2 is 1.84 bits per heavy atom. The van der Waals surface area contributed by atoms with Crippen LogP contribution in [0.1, 0.15) is 13.3 Å². The molecule has 2 heterocycles. The van der Waals surface area contributed by atoms with Crippen molar-refractivity contribution in [3.8, 4) is 0 Å². The van der Waals surface area contributed by atoms with Crippen molar-refractivity contribution in [2.45, 2.75) is 23.1 Å². The van der Waals surface area contributed by atoms with Crippen molar-refractivity contribution in [1.29, 1.82) is 0 Å². The van der Waals surface area contributed by atoms with Crippen molar-refractivity contribution in [3.63, 3.8) is 0 Å². The second-order valence-corrected chi connectivity index (χ2v) is 8.61. The first kappa shape index (κ1) is 21.5. The molecule has 2 amide bonds. The smallest absolute Gasteiger partial charge is 0.411 e. The molecule has 1 fully saturated rings. The van der Waals surface area contributed by atoms with E-state index < -0.39 is 16.9 Å². The fourth-order valence-electron chi connectivity index (χ4n) is 3.72. The van der Waals surface area contributed by atoms with Crippen LogP contribution in [0.3, 0.4) is 0 Å². The third kappa shape index (κ3) is 4.63. The van der Waals surface area contributed by atoms with Gasteiger partial charge in [-0.1, -0.05) is 12.1 Å². The maximum absolute atomic E-state index is 13.4. The van der Waals surface area contributed by atoms with Crippen molar-refractivity contribution >= 4 is 39.9 Å². The van der Waals surface area contributed by atoms with Crippen LogP contribution in [0, 0.1) is 0 Å². The van der Waals surface area contributed by atoms with Gasteiger partial charge in [-0.25, -0.2) is 9.00 Å². The average Bonchev–Trinajstić information content (AvgIpc) is 2.78. The van der Waals surface area contributed by atoms with E-state index in [0.717, 1.165) is 13.1 Å². The highest BCUT2D eigenvalue weighted by atomic mass is 32.2. The number of para-hydroxylation sites is 1. The summed E-state index contributed by atoms with van der Waals surface area (Å²) in [6.07, 6.45) is -0.263. The van der Waals surface area contributed by atoms with Gasteiger partial charge >= 0.3 is 6.09 Å². The Morgan fingerprint density at radius 1 is 1.10 bits per heavy atom. The molecular weight excluding hydrogens is 418 g/mol. The Labute approximate surface area is 183 Å². The summed E-state index contributed by atoms with van der Waals surface area (Å²) in [5.41, 5.74) is 1.59. The van der Waals surface area contributed by atoms with Crippen LogP contribution in [0.2, 0.25) is 0 Å². The molecular formula is C22H25N3O5S. The largest absolute Gasteiger partial charge is 0.450 e. The molecule has 1 atom stereocenters. The molecule has 9 heteroatoms. The first-order chi connectivity index (χ1) is 15.1. The van der Waals surface area contributed by atoms with E-state index >= 15 is 0 Å². The number of hydrogen-bond acceptors (Lipinski definition) is 6. The maximum Gasteiger partial charge on any atom is 0.411 e. The Bertz CT molecular complexity index is 1010. The van der Waals surface area contributed by atoms with E-state index in [-0.39, 0.29) is 12.5 Å². The van der Waals surface area contributed by atoms with Gasteiger partial charge in [0.25, 0.3) is 0 Å². The number of morpholine rings is 1. The van der Waals surface area contributed by atoms with Crippen LogP contribution in [-0.2, 0) is 25.1 Å². The molecule has 0 saturated carbocycles. The number of fused-ring (bicyclic) bond motifs is 2. The standard InChI is InChI=1S/C22H25N3O5S/c1-2-30-22(27)23-16-7-8-20-18(15-16)25(17-5-3-4-6-19(17)31(20)28)21(26)9-10-24-11-13-29-14-12-24/h3-8,15H,2,9-14H2,1H3,(H,23,27)/t31-/m1/s1. The summed E-state index contributed by atoms with van der Waals surface area (Å²) < 4.78 is 23.5. The molecule has 0 radical (unpaired) electrons. The van der Waals surface area contributed by atoms with Crippen molar-refractivity contribution in [2.75, 3.05) is 49.7 Å². The highest BCUT2D eigenvalue weighted by Crippen LogP contribution is 2.43. The van der Waals surface area contributed by atoms with Gasteiger partial charge < -0.3 is 9.47 Å². The number of hydrogen-bond donors (Lipinski definition) is 1. The molecule has 1 N–H and O–H groups in total. The molecule has 0 bridgehead atoms. The molecule has 31 heavy (non-hydrogen) atoms. The van der Waals surface area contributed by atoms with Crippen LogP contribution in [0.25, 0.3) is 0 Å². The zero-order valence-corrected chi connectivity index (χ0v) is 18.2. The number of anilines is 3. The highest BCUT2D eigenvalue weighted by Gasteiger charge is 2.32.